The second-order valence-electron chi connectivity index (χ2n) is 6.89. The van der Waals surface area contributed by atoms with Crippen molar-refractivity contribution in [2.45, 2.75) is 44.2 Å². The van der Waals surface area contributed by atoms with E-state index in [1.54, 1.807) is 4.90 Å². The van der Waals surface area contributed by atoms with Crippen LogP contribution < -0.4 is 0 Å². The minimum Gasteiger partial charge on any atom is -0.370 e. The smallest absolute Gasteiger partial charge is 0.249 e. The fourth-order valence-corrected chi connectivity index (χ4v) is 3.51. The summed E-state index contributed by atoms with van der Waals surface area (Å²) in [6.07, 6.45) is 6.41. The number of carbonyl (C=O) groups excluding carboxylic acids is 2. The first-order valence-corrected chi connectivity index (χ1v) is 8.76. The minimum absolute atomic E-state index is 0.0234. The van der Waals surface area contributed by atoms with Crippen LogP contribution in [0.1, 0.15) is 37.3 Å². The monoisotopic (exact) mass is 333 g/mol. The second kappa shape index (κ2) is 6.51. The van der Waals surface area contributed by atoms with Crippen LogP contribution in [0.5, 0.6) is 0 Å². The van der Waals surface area contributed by atoms with Gasteiger partial charge < -0.3 is 14.5 Å². The first-order valence-electron chi connectivity index (χ1n) is 8.76. The van der Waals surface area contributed by atoms with Gasteiger partial charge in [0.05, 0.1) is 31.4 Å². The highest BCUT2D eigenvalue weighted by molar-refractivity contribution is 5.86. The molecule has 8 nitrogen and oxygen atoms in total. The van der Waals surface area contributed by atoms with Crippen molar-refractivity contribution >= 4 is 11.8 Å². The Bertz CT molecular complexity index is 627. The number of hydrogen-bond acceptors (Lipinski definition) is 5. The molecule has 3 aliphatic rings. The molecule has 0 aromatic carbocycles. The molecule has 0 unspecified atom stereocenters. The van der Waals surface area contributed by atoms with E-state index in [2.05, 4.69) is 10.3 Å². The lowest BCUT2D eigenvalue weighted by Gasteiger charge is -2.30. The second-order valence-corrected chi connectivity index (χ2v) is 6.89. The van der Waals surface area contributed by atoms with Crippen molar-refractivity contribution in [2.75, 3.05) is 32.8 Å². The number of amides is 2. The van der Waals surface area contributed by atoms with Gasteiger partial charge >= 0.3 is 0 Å². The van der Waals surface area contributed by atoms with Gasteiger partial charge in [0.2, 0.25) is 11.8 Å². The zero-order valence-corrected chi connectivity index (χ0v) is 13.8. The van der Waals surface area contributed by atoms with Crippen LogP contribution in [-0.4, -0.2) is 75.5 Å². The molecule has 3 fully saturated rings. The normalized spacial score (nSPS) is 24.7. The van der Waals surface area contributed by atoms with Gasteiger partial charge in [-0.1, -0.05) is 5.21 Å². The number of morpholine rings is 1. The molecule has 0 N–H and O–H groups in total. The maximum Gasteiger partial charge on any atom is 0.249 e. The molecule has 0 spiro atoms. The molecule has 1 aliphatic carbocycles. The molecule has 4 rings (SSSR count). The lowest BCUT2D eigenvalue weighted by atomic mass is 10.2. The van der Waals surface area contributed by atoms with Crippen LogP contribution in [0.2, 0.25) is 0 Å². The molecule has 2 amide bonds. The zero-order valence-electron chi connectivity index (χ0n) is 13.8. The van der Waals surface area contributed by atoms with Crippen molar-refractivity contribution in [3.05, 3.63) is 11.9 Å². The van der Waals surface area contributed by atoms with Crippen LogP contribution in [0.25, 0.3) is 0 Å². The molecular weight excluding hydrogens is 310 g/mol. The SMILES string of the molecule is O=C1COCCN1CC(=O)N1CCC[C@H]1Cn1cc(C2CC2)nn1. The van der Waals surface area contributed by atoms with Crippen LogP contribution in [0.4, 0.5) is 0 Å². The number of nitrogens with zero attached hydrogens (tertiary/aromatic N) is 5. The Hall–Kier alpha value is -1.96. The van der Waals surface area contributed by atoms with Gasteiger partial charge in [-0.3, -0.25) is 14.3 Å². The molecule has 8 heteroatoms. The molecule has 2 aliphatic heterocycles. The molecule has 2 saturated heterocycles. The van der Waals surface area contributed by atoms with Crippen LogP contribution in [-0.2, 0) is 20.9 Å². The van der Waals surface area contributed by atoms with Gasteiger partial charge in [-0.25, -0.2) is 0 Å². The van der Waals surface area contributed by atoms with E-state index < -0.39 is 0 Å². The van der Waals surface area contributed by atoms with Gasteiger partial charge in [0.1, 0.15) is 6.61 Å². The number of aromatic nitrogens is 3. The van der Waals surface area contributed by atoms with E-state index in [1.807, 2.05) is 15.8 Å². The Morgan fingerprint density at radius 3 is 2.96 bits per heavy atom. The van der Waals surface area contributed by atoms with Gasteiger partial charge in [-0.05, 0) is 25.7 Å². The third-order valence-corrected chi connectivity index (χ3v) is 5.06. The average molecular weight is 333 g/mol. The topological polar surface area (TPSA) is 80.6 Å². The van der Waals surface area contributed by atoms with E-state index >= 15 is 0 Å². The van der Waals surface area contributed by atoms with Crippen LogP contribution >= 0.6 is 0 Å². The van der Waals surface area contributed by atoms with E-state index in [9.17, 15) is 9.59 Å². The first kappa shape index (κ1) is 15.6. The minimum atomic E-state index is -0.101. The van der Waals surface area contributed by atoms with Crippen molar-refractivity contribution in [2.24, 2.45) is 0 Å². The standard InChI is InChI=1S/C16H23N5O3/c22-15(10-19-6-7-24-11-16(19)23)21-5-1-2-13(21)8-20-9-14(17-18-20)12-3-4-12/h9,12-13H,1-8,10-11H2/t13-/m0/s1. The van der Waals surface area contributed by atoms with Gasteiger partial charge in [-0.2, -0.15) is 0 Å². The van der Waals surface area contributed by atoms with Gasteiger partial charge in [0.25, 0.3) is 0 Å². The fourth-order valence-electron chi connectivity index (χ4n) is 3.51. The highest BCUT2D eigenvalue weighted by atomic mass is 16.5. The summed E-state index contributed by atoms with van der Waals surface area (Å²) < 4.78 is 6.98. The van der Waals surface area contributed by atoms with Crippen LogP contribution in [0.3, 0.4) is 0 Å². The molecule has 1 aromatic heterocycles. The molecule has 130 valence electrons. The largest absolute Gasteiger partial charge is 0.370 e. The quantitative estimate of drug-likeness (QED) is 0.758. The third kappa shape index (κ3) is 3.28. The Kier molecular flexibility index (Phi) is 4.22. The van der Waals surface area contributed by atoms with Crippen molar-refractivity contribution in [3.8, 4) is 0 Å². The molecule has 1 aromatic rings. The number of hydrogen-bond donors (Lipinski definition) is 0. The Morgan fingerprint density at radius 2 is 2.17 bits per heavy atom. The predicted molar refractivity (Wildman–Crippen MR) is 84.1 cm³/mol. The Balaban J connectivity index is 1.36. The van der Waals surface area contributed by atoms with Crippen molar-refractivity contribution in [1.29, 1.82) is 0 Å². The van der Waals surface area contributed by atoms with E-state index in [0.717, 1.165) is 25.1 Å². The van der Waals surface area contributed by atoms with E-state index in [0.29, 0.717) is 25.6 Å². The van der Waals surface area contributed by atoms with E-state index in [-0.39, 0.29) is 31.0 Å². The zero-order chi connectivity index (χ0) is 16.5. The summed E-state index contributed by atoms with van der Waals surface area (Å²) in [6.45, 7) is 2.68. The molecule has 1 saturated carbocycles. The molecule has 1 atom stereocenters. The van der Waals surface area contributed by atoms with Crippen molar-refractivity contribution in [3.63, 3.8) is 0 Å². The highest BCUT2D eigenvalue weighted by Gasteiger charge is 2.32. The average Bonchev–Trinajstić information content (AvgIpc) is 3.14. The molecule has 0 radical (unpaired) electrons. The van der Waals surface area contributed by atoms with E-state index in [4.69, 9.17) is 4.74 Å². The van der Waals surface area contributed by atoms with Crippen molar-refractivity contribution < 1.29 is 14.3 Å². The summed E-state index contributed by atoms with van der Waals surface area (Å²) in [6, 6.07) is 0.141. The first-order chi connectivity index (χ1) is 11.7. The maximum atomic E-state index is 12.6. The number of ether oxygens (including phenoxy) is 1. The fraction of sp³-hybridized carbons (Fsp3) is 0.750. The summed E-state index contributed by atoms with van der Waals surface area (Å²) in [7, 11) is 0. The Labute approximate surface area is 140 Å². The van der Waals surface area contributed by atoms with E-state index in [1.165, 1.54) is 12.8 Å². The van der Waals surface area contributed by atoms with Gasteiger partial charge in [0, 0.05) is 25.2 Å². The van der Waals surface area contributed by atoms with Crippen molar-refractivity contribution in [1.82, 2.24) is 24.8 Å². The molecular formula is C16H23N5O3. The lowest BCUT2D eigenvalue weighted by Crippen LogP contribution is -2.49. The molecule has 3 heterocycles. The number of rotatable bonds is 5. The van der Waals surface area contributed by atoms with Crippen LogP contribution in [0, 0.1) is 0 Å². The Morgan fingerprint density at radius 1 is 1.29 bits per heavy atom. The van der Waals surface area contributed by atoms with Gasteiger partial charge in [-0.15, -0.1) is 5.10 Å². The number of carbonyl (C=O) groups is 2. The molecule has 0 bridgehead atoms. The third-order valence-electron chi connectivity index (χ3n) is 5.06. The lowest BCUT2D eigenvalue weighted by molar-refractivity contribution is -0.148. The maximum absolute atomic E-state index is 12.6. The molecule has 24 heavy (non-hydrogen) atoms. The summed E-state index contributed by atoms with van der Waals surface area (Å²) in [5, 5.41) is 8.45. The van der Waals surface area contributed by atoms with Crippen LogP contribution in [0.15, 0.2) is 6.20 Å². The number of likely N-dealkylation sites (tertiary alicyclic amines) is 1. The summed E-state index contributed by atoms with van der Waals surface area (Å²) in [5.74, 6) is 0.512. The summed E-state index contributed by atoms with van der Waals surface area (Å²) in [5.41, 5.74) is 1.07. The van der Waals surface area contributed by atoms with Gasteiger partial charge in [0.15, 0.2) is 0 Å². The predicted octanol–water partition coefficient (Wildman–Crippen LogP) is 0.00530. The summed E-state index contributed by atoms with van der Waals surface area (Å²) >= 11 is 0. The summed E-state index contributed by atoms with van der Waals surface area (Å²) in [4.78, 5) is 27.9. The highest BCUT2D eigenvalue weighted by Crippen LogP contribution is 2.38.